The van der Waals surface area contributed by atoms with E-state index in [1.807, 2.05) is 13.8 Å². The maximum atomic E-state index is 12.2. The zero-order valence-corrected chi connectivity index (χ0v) is 12.5. The summed E-state index contributed by atoms with van der Waals surface area (Å²) in [7, 11) is 1.78. The normalized spacial score (nSPS) is 12.2. The van der Waals surface area contributed by atoms with Gasteiger partial charge in [-0.05, 0) is 37.5 Å². The molecule has 2 rings (SSSR count). The van der Waals surface area contributed by atoms with Gasteiger partial charge in [-0.15, -0.1) is 0 Å². The second-order valence-electron chi connectivity index (χ2n) is 5.08. The Bertz CT molecular complexity index is 599. The minimum Gasteiger partial charge on any atom is -0.344 e. The number of amides is 1. The summed E-state index contributed by atoms with van der Waals surface area (Å²) in [6.07, 6.45) is 1.02. The molecule has 1 atom stereocenters. The topological polar surface area (TPSA) is 46.9 Å². The summed E-state index contributed by atoms with van der Waals surface area (Å²) in [5, 5.41) is 7.20. The summed E-state index contributed by atoms with van der Waals surface area (Å²) < 4.78 is 1.61. The molecule has 0 radical (unpaired) electrons. The summed E-state index contributed by atoms with van der Waals surface area (Å²) in [5.74, 6) is -0.0971. The third kappa shape index (κ3) is 3.07. The van der Waals surface area contributed by atoms with Crippen LogP contribution < -0.4 is 5.32 Å². The van der Waals surface area contributed by atoms with E-state index in [2.05, 4.69) is 41.6 Å². The van der Waals surface area contributed by atoms with Crippen LogP contribution in [0.1, 0.15) is 47.2 Å². The molecule has 1 N–H and O–H groups in total. The smallest absolute Gasteiger partial charge is 0.270 e. The Labute approximate surface area is 119 Å². The van der Waals surface area contributed by atoms with Gasteiger partial charge in [0.1, 0.15) is 5.69 Å². The lowest BCUT2D eigenvalue weighted by molar-refractivity contribution is 0.0930. The lowest BCUT2D eigenvalue weighted by Gasteiger charge is -2.14. The van der Waals surface area contributed by atoms with Crippen molar-refractivity contribution in [3.8, 4) is 0 Å². The summed E-state index contributed by atoms with van der Waals surface area (Å²) in [6.45, 7) is 6.00. The van der Waals surface area contributed by atoms with Gasteiger partial charge in [-0.1, -0.05) is 31.2 Å². The molecular weight excluding hydrogens is 250 g/mol. The van der Waals surface area contributed by atoms with Gasteiger partial charge in [0.25, 0.3) is 5.91 Å². The van der Waals surface area contributed by atoms with E-state index in [1.54, 1.807) is 17.8 Å². The van der Waals surface area contributed by atoms with Crippen molar-refractivity contribution in [2.45, 2.75) is 33.2 Å². The molecule has 2 aromatic rings. The maximum Gasteiger partial charge on any atom is 0.270 e. The molecule has 20 heavy (non-hydrogen) atoms. The molecule has 0 aliphatic carbocycles. The van der Waals surface area contributed by atoms with Crippen molar-refractivity contribution in [1.29, 1.82) is 0 Å². The van der Waals surface area contributed by atoms with Crippen molar-refractivity contribution < 1.29 is 4.79 Å². The molecule has 1 aromatic carbocycles. The Morgan fingerprint density at radius 2 is 2.00 bits per heavy atom. The number of nitrogens with zero attached hydrogens (tertiary/aromatic N) is 2. The van der Waals surface area contributed by atoms with E-state index in [1.165, 1.54) is 5.56 Å². The van der Waals surface area contributed by atoms with E-state index in [0.717, 1.165) is 17.7 Å². The number of hydrogen-bond acceptors (Lipinski definition) is 2. The quantitative estimate of drug-likeness (QED) is 0.929. The zero-order valence-electron chi connectivity index (χ0n) is 12.5. The summed E-state index contributed by atoms with van der Waals surface area (Å²) in [4.78, 5) is 12.2. The van der Waals surface area contributed by atoms with Crippen molar-refractivity contribution in [3.05, 3.63) is 52.8 Å². The fourth-order valence-electron chi connectivity index (χ4n) is 2.22. The molecule has 0 bridgehead atoms. The lowest BCUT2D eigenvalue weighted by atomic mass is 10.0. The second-order valence-corrected chi connectivity index (χ2v) is 5.08. The fourth-order valence-corrected chi connectivity index (χ4v) is 2.22. The molecule has 1 amide bonds. The van der Waals surface area contributed by atoms with Crippen LogP contribution in [0.4, 0.5) is 0 Å². The van der Waals surface area contributed by atoms with E-state index in [-0.39, 0.29) is 11.9 Å². The van der Waals surface area contributed by atoms with Gasteiger partial charge in [0.15, 0.2) is 0 Å². The fraction of sp³-hybridized carbons (Fsp3) is 0.375. The van der Waals surface area contributed by atoms with Gasteiger partial charge in [0.05, 0.1) is 11.7 Å². The van der Waals surface area contributed by atoms with Gasteiger partial charge in [0, 0.05) is 7.05 Å². The highest BCUT2D eigenvalue weighted by atomic mass is 16.2. The van der Waals surface area contributed by atoms with Gasteiger partial charge in [0.2, 0.25) is 0 Å². The van der Waals surface area contributed by atoms with E-state index in [0.29, 0.717) is 5.69 Å². The second kappa shape index (κ2) is 5.90. The standard InChI is InChI=1S/C16H21N3O/c1-5-13-6-8-14(9-7-13)12(3)17-16(20)15-10-11(2)18-19(15)4/h6-10,12H,5H2,1-4H3,(H,17,20). The Morgan fingerprint density at radius 3 is 2.50 bits per heavy atom. The number of carbonyl (C=O) groups excluding carboxylic acids is 1. The lowest BCUT2D eigenvalue weighted by Crippen LogP contribution is -2.28. The van der Waals surface area contributed by atoms with Gasteiger partial charge in [-0.25, -0.2) is 0 Å². The van der Waals surface area contributed by atoms with Crippen LogP contribution in [0.5, 0.6) is 0 Å². The highest BCUT2D eigenvalue weighted by molar-refractivity contribution is 5.92. The molecule has 0 saturated heterocycles. The molecule has 1 heterocycles. The summed E-state index contributed by atoms with van der Waals surface area (Å²) in [6, 6.07) is 10.1. The highest BCUT2D eigenvalue weighted by Gasteiger charge is 2.15. The Hall–Kier alpha value is -2.10. The highest BCUT2D eigenvalue weighted by Crippen LogP contribution is 2.14. The molecule has 0 spiro atoms. The van der Waals surface area contributed by atoms with E-state index >= 15 is 0 Å². The average Bonchev–Trinajstić information content (AvgIpc) is 2.78. The van der Waals surface area contributed by atoms with Crippen molar-refractivity contribution >= 4 is 5.91 Å². The molecule has 1 aromatic heterocycles. The molecule has 0 aliphatic heterocycles. The number of carbonyl (C=O) groups is 1. The average molecular weight is 271 g/mol. The maximum absolute atomic E-state index is 12.2. The van der Waals surface area contributed by atoms with Crippen LogP contribution in [0.3, 0.4) is 0 Å². The number of nitrogens with one attached hydrogen (secondary N) is 1. The van der Waals surface area contributed by atoms with Crippen LogP contribution in [-0.2, 0) is 13.5 Å². The van der Waals surface area contributed by atoms with Crippen LogP contribution in [0, 0.1) is 6.92 Å². The van der Waals surface area contributed by atoms with Gasteiger partial charge >= 0.3 is 0 Å². The molecule has 0 aliphatic rings. The SMILES string of the molecule is CCc1ccc(C(C)NC(=O)c2cc(C)nn2C)cc1. The van der Waals surface area contributed by atoms with Crippen molar-refractivity contribution in [3.63, 3.8) is 0 Å². The first-order chi connectivity index (χ1) is 9.51. The third-order valence-electron chi connectivity index (χ3n) is 3.47. The molecule has 1 unspecified atom stereocenters. The molecule has 4 nitrogen and oxygen atoms in total. The minimum atomic E-state index is -0.0971. The number of aromatic nitrogens is 2. The van der Waals surface area contributed by atoms with Crippen molar-refractivity contribution in [1.82, 2.24) is 15.1 Å². The molecule has 0 fully saturated rings. The van der Waals surface area contributed by atoms with Gasteiger partial charge in [-0.3, -0.25) is 9.48 Å². The Kier molecular flexibility index (Phi) is 4.23. The van der Waals surface area contributed by atoms with Crippen LogP contribution in [0.2, 0.25) is 0 Å². The van der Waals surface area contributed by atoms with Gasteiger partial charge < -0.3 is 5.32 Å². The largest absolute Gasteiger partial charge is 0.344 e. The zero-order chi connectivity index (χ0) is 14.7. The van der Waals surface area contributed by atoms with Crippen LogP contribution in [0.25, 0.3) is 0 Å². The summed E-state index contributed by atoms with van der Waals surface area (Å²) >= 11 is 0. The van der Waals surface area contributed by atoms with E-state index in [4.69, 9.17) is 0 Å². The van der Waals surface area contributed by atoms with Crippen molar-refractivity contribution in [2.75, 3.05) is 0 Å². The number of aryl methyl sites for hydroxylation is 3. The van der Waals surface area contributed by atoms with Crippen LogP contribution >= 0.6 is 0 Å². The number of rotatable bonds is 4. The predicted octanol–water partition coefficient (Wildman–Crippen LogP) is 2.78. The van der Waals surface area contributed by atoms with Crippen LogP contribution in [-0.4, -0.2) is 15.7 Å². The van der Waals surface area contributed by atoms with E-state index in [9.17, 15) is 4.79 Å². The predicted molar refractivity (Wildman–Crippen MR) is 79.6 cm³/mol. The Morgan fingerprint density at radius 1 is 1.35 bits per heavy atom. The molecule has 4 heteroatoms. The molecule has 0 saturated carbocycles. The van der Waals surface area contributed by atoms with E-state index < -0.39 is 0 Å². The first kappa shape index (κ1) is 14.3. The first-order valence-corrected chi connectivity index (χ1v) is 6.91. The summed E-state index contributed by atoms with van der Waals surface area (Å²) in [5.41, 5.74) is 3.83. The van der Waals surface area contributed by atoms with Gasteiger partial charge in [-0.2, -0.15) is 5.10 Å². The number of hydrogen-bond donors (Lipinski definition) is 1. The molecular formula is C16H21N3O. The van der Waals surface area contributed by atoms with Crippen molar-refractivity contribution in [2.24, 2.45) is 7.05 Å². The third-order valence-corrected chi connectivity index (χ3v) is 3.47. The monoisotopic (exact) mass is 271 g/mol. The minimum absolute atomic E-state index is 0.0244. The first-order valence-electron chi connectivity index (χ1n) is 6.91. The van der Waals surface area contributed by atoms with Crippen LogP contribution in [0.15, 0.2) is 30.3 Å². The Balaban J connectivity index is 2.08. The number of benzene rings is 1. The molecule has 106 valence electrons.